The number of carbonyl (C=O) groups excluding carboxylic acids is 1. The van der Waals surface area contributed by atoms with Crippen LogP contribution in [0.2, 0.25) is 0 Å². The van der Waals surface area contributed by atoms with Gasteiger partial charge >= 0.3 is 0 Å². The van der Waals surface area contributed by atoms with Gasteiger partial charge in [0.25, 0.3) is 0 Å². The molecule has 1 heterocycles. The quantitative estimate of drug-likeness (QED) is 0.674. The van der Waals surface area contributed by atoms with Crippen LogP contribution in [0.3, 0.4) is 0 Å². The molecule has 82 valence electrons. The summed E-state index contributed by atoms with van der Waals surface area (Å²) in [6.45, 7) is 0. The zero-order chi connectivity index (χ0) is 11.5. The summed E-state index contributed by atoms with van der Waals surface area (Å²) in [6, 6.07) is 7.08. The molecule has 0 aliphatic carbocycles. The van der Waals surface area contributed by atoms with Crippen LogP contribution >= 0.6 is 27.7 Å². The molecule has 2 aromatic rings. The molecular formula is C9H7BrN4OS. The van der Waals surface area contributed by atoms with Crippen molar-refractivity contribution in [3.63, 3.8) is 0 Å². The number of carbonyl (C=O) groups is 1. The molecule has 0 amide bonds. The van der Waals surface area contributed by atoms with Crippen LogP contribution in [0.15, 0.2) is 40.2 Å². The molecule has 0 atom stereocenters. The normalized spacial score (nSPS) is 10.3. The molecule has 1 aromatic heterocycles. The number of hydrogen-bond donors (Lipinski definition) is 1. The first-order valence-corrected chi connectivity index (χ1v) is 5.90. The van der Waals surface area contributed by atoms with Gasteiger partial charge in [-0.3, -0.25) is 4.79 Å². The molecular weight excluding hydrogens is 292 g/mol. The molecule has 2 rings (SSSR count). The Morgan fingerprint density at radius 1 is 1.38 bits per heavy atom. The van der Waals surface area contributed by atoms with Crippen LogP contribution in [-0.4, -0.2) is 20.0 Å². The molecule has 7 heteroatoms. The van der Waals surface area contributed by atoms with Gasteiger partial charge in [-0.25, -0.2) is 4.68 Å². The highest BCUT2D eigenvalue weighted by molar-refractivity contribution is 9.10. The highest BCUT2D eigenvalue weighted by Gasteiger charge is 2.11. The molecule has 0 bridgehead atoms. The molecule has 0 fully saturated rings. The number of hydrogen-bond acceptors (Lipinski definition) is 5. The van der Waals surface area contributed by atoms with Gasteiger partial charge in [0.05, 0.1) is 0 Å². The zero-order valence-electron chi connectivity index (χ0n) is 8.00. The lowest BCUT2D eigenvalue weighted by Gasteiger charge is -1.99. The Labute approximate surface area is 104 Å². The van der Waals surface area contributed by atoms with E-state index in [0.717, 1.165) is 16.2 Å². The van der Waals surface area contributed by atoms with E-state index in [0.29, 0.717) is 10.7 Å². The SMILES string of the molecule is Nn1cnnc1SC(=O)c1ccc(Br)cc1. The smallest absolute Gasteiger partial charge is 0.227 e. The topological polar surface area (TPSA) is 73.8 Å². The van der Waals surface area contributed by atoms with E-state index in [2.05, 4.69) is 26.1 Å². The summed E-state index contributed by atoms with van der Waals surface area (Å²) < 4.78 is 2.14. The van der Waals surface area contributed by atoms with Gasteiger partial charge in [-0.15, -0.1) is 10.2 Å². The van der Waals surface area contributed by atoms with Gasteiger partial charge < -0.3 is 5.84 Å². The van der Waals surface area contributed by atoms with E-state index >= 15 is 0 Å². The minimum atomic E-state index is -0.118. The van der Waals surface area contributed by atoms with Gasteiger partial charge in [-0.2, -0.15) is 0 Å². The fraction of sp³-hybridized carbons (Fsp3) is 0. The fourth-order valence-electron chi connectivity index (χ4n) is 1.03. The Morgan fingerprint density at radius 3 is 2.62 bits per heavy atom. The van der Waals surface area contributed by atoms with Crippen molar-refractivity contribution in [2.24, 2.45) is 0 Å². The number of nitrogens with zero attached hydrogens (tertiary/aromatic N) is 3. The van der Waals surface area contributed by atoms with Crippen molar-refractivity contribution in [1.82, 2.24) is 14.9 Å². The summed E-state index contributed by atoms with van der Waals surface area (Å²) >= 11 is 4.25. The molecule has 0 aliphatic heterocycles. The minimum absolute atomic E-state index is 0.118. The van der Waals surface area contributed by atoms with Gasteiger partial charge in [0.15, 0.2) is 0 Å². The van der Waals surface area contributed by atoms with E-state index in [1.165, 1.54) is 11.0 Å². The van der Waals surface area contributed by atoms with E-state index in [1.54, 1.807) is 24.3 Å². The Kier molecular flexibility index (Phi) is 3.25. The first-order valence-electron chi connectivity index (χ1n) is 4.29. The number of benzene rings is 1. The molecule has 0 saturated heterocycles. The van der Waals surface area contributed by atoms with Crippen molar-refractivity contribution in [2.45, 2.75) is 5.16 Å². The molecule has 0 aliphatic rings. The monoisotopic (exact) mass is 298 g/mol. The third kappa shape index (κ3) is 2.42. The molecule has 0 unspecified atom stereocenters. The summed E-state index contributed by atoms with van der Waals surface area (Å²) in [5, 5.41) is 7.56. The summed E-state index contributed by atoms with van der Waals surface area (Å²) in [5.41, 5.74) is 0.594. The van der Waals surface area contributed by atoms with Crippen LogP contribution < -0.4 is 5.84 Å². The lowest BCUT2D eigenvalue weighted by atomic mass is 10.2. The van der Waals surface area contributed by atoms with E-state index in [-0.39, 0.29) is 5.12 Å². The van der Waals surface area contributed by atoms with Crippen LogP contribution in [-0.2, 0) is 0 Å². The largest absolute Gasteiger partial charge is 0.336 e. The summed E-state index contributed by atoms with van der Waals surface area (Å²) in [5.74, 6) is 5.50. The first kappa shape index (κ1) is 11.2. The number of aromatic nitrogens is 3. The maximum absolute atomic E-state index is 11.8. The molecule has 5 nitrogen and oxygen atoms in total. The maximum Gasteiger partial charge on any atom is 0.227 e. The van der Waals surface area contributed by atoms with Gasteiger partial charge in [0.1, 0.15) is 6.33 Å². The van der Waals surface area contributed by atoms with Gasteiger partial charge in [0, 0.05) is 10.0 Å². The zero-order valence-corrected chi connectivity index (χ0v) is 10.4. The molecule has 0 saturated carbocycles. The molecule has 16 heavy (non-hydrogen) atoms. The second kappa shape index (κ2) is 4.67. The standard InChI is InChI=1S/C9H7BrN4OS/c10-7-3-1-6(2-4-7)8(15)16-9-13-12-5-14(9)11/h1-5H,11H2. The van der Waals surface area contributed by atoms with Crippen molar-refractivity contribution in [3.8, 4) is 0 Å². The number of nitrogens with two attached hydrogens (primary N) is 1. The van der Waals surface area contributed by atoms with Crippen LogP contribution in [0.25, 0.3) is 0 Å². The lowest BCUT2D eigenvalue weighted by Crippen LogP contribution is -2.09. The molecule has 2 N–H and O–H groups in total. The second-order valence-electron chi connectivity index (χ2n) is 2.92. The fourth-order valence-corrected chi connectivity index (χ4v) is 1.96. The van der Waals surface area contributed by atoms with Crippen molar-refractivity contribution < 1.29 is 4.79 Å². The molecule has 0 spiro atoms. The number of thioether (sulfide) groups is 1. The van der Waals surface area contributed by atoms with Crippen molar-refractivity contribution in [2.75, 3.05) is 5.84 Å². The number of rotatable bonds is 2. The number of halogens is 1. The average Bonchev–Trinajstić information content (AvgIpc) is 2.65. The van der Waals surface area contributed by atoms with E-state index in [9.17, 15) is 4.79 Å². The van der Waals surface area contributed by atoms with Crippen molar-refractivity contribution in [3.05, 3.63) is 40.6 Å². The lowest BCUT2D eigenvalue weighted by molar-refractivity contribution is 0.108. The van der Waals surface area contributed by atoms with Gasteiger partial charge in [-0.1, -0.05) is 15.9 Å². The van der Waals surface area contributed by atoms with Crippen molar-refractivity contribution in [1.29, 1.82) is 0 Å². The summed E-state index contributed by atoms with van der Waals surface area (Å²) in [7, 11) is 0. The highest BCUT2D eigenvalue weighted by Crippen LogP contribution is 2.20. The third-order valence-electron chi connectivity index (χ3n) is 1.80. The minimum Gasteiger partial charge on any atom is -0.336 e. The molecule has 1 aromatic carbocycles. The van der Waals surface area contributed by atoms with Gasteiger partial charge in [0.2, 0.25) is 10.3 Å². The van der Waals surface area contributed by atoms with E-state index < -0.39 is 0 Å². The Morgan fingerprint density at radius 2 is 2.06 bits per heavy atom. The predicted molar refractivity (Wildman–Crippen MR) is 64.5 cm³/mol. The molecule has 0 radical (unpaired) electrons. The van der Waals surface area contributed by atoms with Crippen LogP contribution in [0, 0.1) is 0 Å². The average molecular weight is 299 g/mol. The Hall–Kier alpha value is -1.34. The van der Waals surface area contributed by atoms with Crippen LogP contribution in [0.5, 0.6) is 0 Å². The predicted octanol–water partition coefficient (Wildman–Crippen LogP) is 1.69. The van der Waals surface area contributed by atoms with Crippen molar-refractivity contribution >= 4 is 32.8 Å². The Bertz CT molecular complexity index is 510. The summed E-state index contributed by atoms with van der Waals surface area (Å²) in [6.07, 6.45) is 1.34. The van der Waals surface area contributed by atoms with E-state index in [4.69, 9.17) is 5.84 Å². The highest BCUT2D eigenvalue weighted by atomic mass is 79.9. The van der Waals surface area contributed by atoms with Gasteiger partial charge in [-0.05, 0) is 36.0 Å². The summed E-state index contributed by atoms with van der Waals surface area (Å²) in [4.78, 5) is 11.8. The third-order valence-corrected chi connectivity index (χ3v) is 3.23. The van der Waals surface area contributed by atoms with Crippen LogP contribution in [0.1, 0.15) is 10.4 Å². The van der Waals surface area contributed by atoms with E-state index in [1.807, 2.05) is 0 Å². The van der Waals surface area contributed by atoms with Crippen LogP contribution in [0.4, 0.5) is 0 Å². The second-order valence-corrected chi connectivity index (χ2v) is 4.77. The number of nitrogen functional groups attached to an aromatic ring is 1. The Balaban J connectivity index is 2.15. The first-order chi connectivity index (χ1) is 7.66. The maximum atomic E-state index is 11.8.